The van der Waals surface area contributed by atoms with Gasteiger partial charge >= 0.3 is 0 Å². The number of halogens is 2. The number of piperidine rings is 1. The Morgan fingerprint density at radius 2 is 2.36 bits per heavy atom. The Balaban J connectivity index is 1.77. The number of hydrogen-bond acceptors (Lipinski definition) is 3. The Morgan fingerprint density at radius 3 is 3.09 bits per heavy atom. The van der Waals surface area contributed by atoms with Crippen LogP contribution in [0.2, 0.25) is 5.02 Å². The van der Waals surface area contributed by atoms with Gasteiger partial charge in [0.15, 0.2) is 0 Å². The fourth-order valence-electron chi connectivity index (χ4n) is 2.75. The average Bonchev–Trinajstić information content (AvgIpc) is 2.50. The minimum absolute atomic E-state index is 0.0963. The largest absolute Gasteiger partial charge is 0.491 e. The zero-order valence-corrected chi connectivity index (χ0v) is 13.5. The molecule has 6 heteroatoms. The third-order valence-corrected chi connectivity index (χ3v) is 4.13. The molecule has 0 saturated carbocycles. The molecule has 4 nitrogen and oxygen atoms in total. The van der Waals surface area contributed by atoms with E-state index in [4.69, 9.17) is 16.3 Å². The van der Waals surface area contributed by atoms with Gasteiger partial charge in [0.2, 0.25) is 5.91 Å². The second kappa shape index (κ2) is 8.34. The highest BCUT2D eigenvalue weighted by Crippen LogP contribution is 2.25. The molecule has 0 unspecified atom stereocenters. The van der Waals surface area contributed by atoms with E-state index in [1.54, 1.807) is 0 Å². The van der Waals surface area contributed by atoms with Gasteiger partial charge in [-0.25, -0.2) is 4.39 Å². The summed E-state index contributed by atoms with van der Waals surface area (Å²) in [7, 11) is 1.93. The van der Waals surface area contributed by atoms with Crippen LogP contribution >= 0.6 is 11.6 Å². The minimum Gasteiger partial charge on any atom is -0.491 e. The molecule has 122 valence electrons. The number of likely N-dealkylation sites (tertiary alicyclic amines) is 1. The Hall–Kier alpha value is -1.33. The van der Waals surface area contributed by atoms with Gasteiger partial charge in [0.05, 0.1) is 18.1 Å². The standard InChI is InChI=1S/C16H22ClFN2O2/c1-19-10-12-3-2-7-20(11-12)16(21)6-8-22-15-5-4-13(18)9-14(15)17/h4-5,9,12,19H,2-3,6-8,10-11H2,1H3/t12-/m0/s1. The van der Waals surface area contributed by atoms with Gasteiger partial charge in [0.1, 0.15) is 11.6 Å². The number of carbonyl (C=O) groups is 1. The van der Waals surface area contributed by atoms with E-state index in [1.165, 1.54) is 18.2 Å². The van der Waals surface area contributed by atoms with E-state index >= 15 is 0 Å². The van der Waals surface area contributed by atoms with Crippen LogP contribution in [0.1, 0.15) is 19.3 Å². The number of carbonyl (C=O) groups excluding carboxylic acids is 1. The van der Waals surface area contributed by atoms with Crippen molar-refractivity contribution in [1.29, 1.82) is 0 Å². The van der Waals surface area contributed by atoms with Crippen LogP contribution in [-0.4, -0.2) is 44.1 Å². The summed E-state index contributed by atoms with van der Waals surface area (Å²) in [6.45, 7) is 2.80. The first-order valence-corrected chi connectivity index (χ1v) is 7.98. The molecule has 2 rings (SSSR count). The van der Waals surface area contributed by atoms with Gasteiger partial charge in [-0.05, 0) is 50.6 Å². The van der Waals surface area contributed by atoms with Gasteiger partial charge in [-0.3, -0.25) is 4.79 Å². The van der Waals surface area contributed by atoms with Gasteiger partial charge in [0.25, 0.3) is 0 Å². The lowest BCUT2D eigenvalue weighted by molar-refractivity contribution is -0.133. The summed E-state index contributed by atoms with van der Waals surface area (Å²) in [4.78, 5) is 14.1. The van der Waals surface area contributed by atoms with E-state index in [0.717, 1.165) is 32.5 Å². The summed E-state index contributed by atoms with van der Waals surface area (Å²) < 4.78 is 18.4. The molecule has 1 aromatic carbocycles. The second-order valence-corrected chi connectivity index (χ2v) is 5.99. The van der Waals surface area contributed by atoms with Crippen molar-refractivity contribution in [1.82, 2.24) is 10.2 Å². The summed E-state index contributed by atoms with van der Waals surface area (Å²) in [5.41, 5.74) is 0. The van der Waals surface area contributed by atoms with E-state index in [9.17, 15) is 9.18 Å². The summed E-state index contributed by atoms with van der Waals surface area (Å²) in [5, 5.41) is 3.39. The zero-order chi connectivity index (χ0) is 15.9. The fourth-order valence-corrected chi connectivity index (χ4v) is 2.97. The van der Waals surface area contributed by atoms with Gasteiger partial charge in [-0.15, -0.1) is 0 Å². The average molecular weight is 329 g/mol. The molecule has 0 aliphatic carbocycles. The molecular weight excluding hydrogens is 307 g/mol. The lowest BCUT2D eigenvalue weighted by Gasteiger charge is -2.32. The Labute approximate surface area is 135 Å². The van der Waals surface area contributed by atoms with E-state index in [2.05, 4.69) is 5.32 Å². The lowest BCUT2D eigenvalue weighted by atomic mass is 9.98. The SMILES string of the molecule is CNC[C@@H]1CCCN(C(=O)CCOc2ccc(F)cc2Cl)C1. The van der Waals surface area contributed by atoms with Crippen LogP contribution in [0, 0.1) is 11.7 Å². The molecule has 1 aromatic rings. The van der Waals surface area contributed by atoms with E-state index < -0.39 is 5.82 Å². The third-order valence-electron chi connectivity index (χ3n) is 3.83. The number of benzene rings is 1. The quantitative estimate of drug-likeness (QED) is 0.873. The number of nitrogens with one attached hydrogen (secondary N) is 1. The highest BCUT2D eigenvalue weighted by atomic mass is 35.5. The monoisotopic (exact) mass is 328 g/mol. The van der Waals surface area contributed by atoms with Crippen molar-refractivity contribution in [2.45, 2.75) is 19.3 Å². The molecule has 0 radical (unpaired) electrons. The molecule has 1 fully saturated rings. The van der Waals surface area contributed by atoms with Crippen LogP contribution in [-0.2, 0) is 4.79 Å². The molecule has 1 aliphatic heterocycles. The summed E-state index contributed by atoms with van der Waals surface area (Å²) in [6.07, 6.45) is 2.51. The van der Waals surface area contributed by atoms with E-state index in [-0.39, 0.29) is 17.5 Å². The maximum absolute atomic E-state index is 12.9. The van der Waals surface area contributed by atoms with Crippen molar-refractivity contribution in [3.8, 4) is 5.75 Å². The van der Waals surface area contributed by atoms with Gasteiger partial charge in [-0.2, -0.15) is 0 Å². The van der Waals surface area contributed by atoms with E-state index in [1.807, 2.05) is 11.9 Å². The number of hydrogen-bond donors (Lipinski definition) is 1. The number of amides is 1. The highest BCUT2D eigenvalue weighted by Gasteiger charge is 2.22. The highest BCUT2D eigenvalue weighted by molar-refractivity contribution is 6.32. The second-order valence-electron chi connectivity index (χ2n) is 5.58. The lowest BCUT2D eigenvalue weighted by Crippen LogP contribution is -2.42. The number of nitrogens with zero attached hydrogens (tertiary/aromatic N) is 1. The molecule has 0 aromatic heterocycles. The van der Waals surface area contributed by atoms with Crippen molar-refractivity contribution in [2.75, 3.05) is 33.3 Å². The normalized spacial score (nSPS) is 18.3. The number of ether oxygens (including phenoxy) is 1. The van der Waals surface area contributed by atoms with Crippen LogP contribution < -0.4 is 10.1 Å². The molecule has 22 heavy (non-hydrogen) atoms. The van der Waals surface area contributed by atoms with Gasteiger partial charge in [-0.1, -0.05) is 11.6 Å². The Kier molecular flexibility index (Phi) is 6.46. The molecule has 1 heterocycles. The van der Waals surface area contributed by atoms with Crippen molar-refractivity contribution in [3.63, 3.8) is 0 Å². The van der Waals surface area contributed by atoms with Crippen molar-refractivity contribution in [2.24, 2.45) is 5.92 Å². The fraction of sp³-hybridized carbons (Fsp3) is 0.562. The first-order valence-electron chi connectivity index (χ1n) is 7.60. The van der Waals surface area contributed by atoms with Crippen molar-refractivity contribution < 1.29 is 13.9 Å². The van der Waals surface area contributed by atoms with Crippen LogP contribution in [0.15, 0.2) is 18.2 Å². The van der Waals surface area contributed by atoms with Crippen molar-refractivity contribution in [3.05, 3.63) is 29.0 Å². The van der Waals surface area contributed by atoms with Crippen LogP contribution in [0.3, 0.4) is 0 Å². The summed E-state index contributed by atoms with van der Waals surface area (Å²) in [5.74, 6) is 0.620. The predicted octanol–water partition coefficient (Wildman–Crippen LogP) is 2.71. The van der Waals surface area contributed by atoms with Gasteiger partial charge < -0.3 is 15.0 Å². The molecule has 1 saturated heterocycles. The topological polar surface area (TPSA) is 41.6 Å². The zero-order valence-electron chi connectivity index (χ0n) is 12.8. The minimum atomic E-state index is -0.405. The molecular formula is C16H22ClFN2O2. The molecule has 0 spiro atoms. The molecule has 1 atom stereocenters. The van der Waals surface area contributed by atoms with Crippen LogP contribution in [0.5, 0.6) is 5.75 Å². The Morgan fingerprint density at radius 1 is 1.55 bits per heavy atom. The Bertz CT molecular complexity index is 511. The molecule has 0 bridgehead atoms. The first-order chi connectivity index (χ1) is 10.6. The molecule has 1 amide bonds. The van der Waals surface area contributed by atoms with Crippen molar-refractivity contribution >= 4 is 17.5 Å². The maximum Gasteiger partial charge on any atom is 0.226 e. The third kappa shape index (κ3) is 4.85. The smallest absolute Gasteiger partial charge is 0.226 e. The first kappa shape index (κ1) is 17.0. The molecule has 1 aliphatic rings. The van der Waals surface area contributed by atoms with Gasteiger partial charge in [0, 0.05) is 13.1 Å². The summed E-state index contributed by atoms with van der Waals surface area (Å²) >= 11 is 5.88. The van der Waals surface area contributed by atoms with E-state index in [0.29, 0.717) is 18.1 Å². The molecule has 1 N–H and O–H groups in total. The maximum atomic E-state index is 12.9. The summed E-state index contributed by atoms with van der Waals surface area (Å²) in [6, 6.07) is 3.97. The van der Waals surface area contributed by atoms with Crippen LogP contribution in [0.4, 0.5) is 4.39 Å². The number of rotatable bonds is 6. The predicted molar refractivity (Wildman–Crippen MR) is 84.8 cm³/mol. The van der Waals surface area contributed by atoms with Crippen LogP contribution in [0.25, 0.3) is 0 Å².